The first-order chi connectivity index (χ1) is 9.06. The van der Waals surface area contributed by atoms with Gasteiger partial charge in [-0.2, -0.15) is 0 Å². The lowest BCUT2D eigenvalue weighted by molar-refractivity contribution is -0.121. The van der Waals surface area contributed by atoms with Gasteiger partial charge in [0.2, 0.25) is 5.91 Å². The third kappa shape index (κ3) is 3.96. The van der Waals surface area contributed by atoms with E-state index in [-0.39, 0.29) is 11.9 Å². The summed E-state index contributed by atoms with van der Waals surface area (Å²) >= 11 is 13.4. The topological polar surface area (TPSA) is 29.1 Å². The number of amides is 1. The molecule has 0 spiro atoms. The zero-order valence-corrected chi connectivity index (χ0v) is 12.6. The van der Waals surface area contributed by atoms with Crippen LogP contribution in [0.2, 0.25) is 10.0 Å². The molecule has 1 aromatic heterocycles. The first kappa shape index (κ1) is 14.4. The van der Waals surface area contributed by atoms with Crippen LogP contribution in [0.1, 0.15) is 23.4 Å². The molecule has 0 aliphatic carbocycles. The van der Waals surface area contributed by atoms with E-state index in [4.69, 9.17) is 23.2 Å². The maximum atomic E-state index is 11.9. The van der Waals surface area contributed by atoms with Gasteiger partial charge in [-0.3, -0.25) is 4.79 Å². The summed E-state index contributed by atoms with van der Waals surface area (Å²) in [4.78, 5) is 13.1. The first-order valence-corrected chi connectivity index (χ1v) is 7.46. The van der Waals surface area contributed by atoms with Crippen molar-refractivity contribution in [3.05, 3.63) is 56.2 Å². The number of halogens is 2. The third-order valence-electron chi connectivity index (χ3n) is 2.70. The van der Waals surface area contributed by atoms with Gasteiger partial charge in [0.1, 0.15) is 0 Å². The van der Waals surface area contributed by atoms with E-state index in [0.717, 1.165) is 10.4 Å². The van der Waals surface area contributed by atoms with Crippen LogP contribution in [0.25, 0.3) is 0 Å². The lowest BCUT2D eigenvalue weighted by Gasteiger charge is -2.12. The maximum Gasteiger partial charge on any atom is 0.224 e. The van der Waals surface area contributed by atoms with Gasteiger partial charge >= 0.3 is 0 Å². The molecule has 2 aromatic rings. The van der Waals surface area contributed by atoms with E-state index >= 15 is 0 Å². The van der Waals surface area contributed by atoms with Crippen LogP contribution in [-0.4, -0.2) is 5.91 Å². The highest BCUT2D eigenvalue weighted by atomic mass is 35.5. The van der Waals surface area contributed by atoms with Crippen LogP contribution in [0, 0.1) is 0 Å². The standard InChI is InChI=1S/C14H13Cl2NOS/c1-9(13-3-2-6-19-13)17-14(18)8-10-4-5-11(15)12(16)7-10/h2-7,9H,8H2,1H3,(H,17,18)/t9-/m0/s1. The average molecular weight is 314 g/mol. The van der Waals surface area contributed by atoms with Crippen molar-refractivity contribution in [3.63, 3.8) is 0 Å². The normalized spacial score (nSPS) is 12.2. The second kappa shape index (κ2) is 6.42. The molecule has 0 bridgehead atoms. The van der Waals surface area contributed by atoms with Gasteiger partial charge < -0.3 is 5.32 Å². The SMILES string of the molecule is C[C@H](NC(=O)Cc1ccc(Cl)c(Cl)c1)c1cccs1. The van der Waals surface area contributed by atoms with Gasteiger partial charge in [-0.1, -0.05) is 35.3 Å². The molecule has 1 amide bonds. The Morgan fingerprint density at radius 3 is 2.74 bits per heavy atom. The second-order valence-corrected chi connectivity index (χ2v) is 6.02. The maximum absolute atomic E-state index is 11.9. The Morgan fingerprint density at radius 1 is 1.32 bits per heavy atom. The van der Waals surface area contributed by atoms with Crippen molar-refractivity contribution in [1.29, 1.82) is 0 Å². The molecular weight excluding hydrogens is 301 g/mol. The molecule has 2 rings (SSSR count). The van der Waals surface area contributed by atoms with Gasteiger partial charge in [-0.15, -0.1) is 11.3 Å². The van der Waals surface area contributed by atoms with Crippen LogP contribution in [0.3, 0.4) is 0 Å². The van der Waals surface area contributed by atoms with Gasteiger partial charge in [0, 0.05) is 4.88 Å². The second-order valence-electron chi connectivity index (χ2n) is 4.23. The van der Waals surface area contributed by atoms with E-state index in [0.29, 0.717) is 16.5 Å². The lowest BCUT2D eigenvalue weighted by atomic mass is 10.1. The van der Waals surface area contributed by atoms with Crippen molar-refractivity contribution in [2.24, 2.45) is 0 Å². The molecule has 0 fully saturated rings. The van der Waals surface area contributed by atoms with Crippen molar-refractivity contribution in [2.75, 3.05) is 0 Å². The van der Waals surface area contributed by atoms with E-state index < -0.39 is 0 Å². The molecule has 0 unspecified atom stereocenters. The van der Waals surface area contributed by atoms with Crippen LogP contribution in [0.5, 0.6) is 0 Å². The molecule has 1 heterocycles. The molecule has 1 atom stereocenters. The summed E-state index contributed by atoms with van der Waals surface area (Å²) in [7, 11) is 0. The van der Waals surface area contributed by atoms with Gasteiger partial charge in [-0.25, -0.2) is 0 Å². The molecule has 5 heteroatoms. The first-order valence-electron chi connectivity index (χ1n) is 5.83. The van der Waals surface area contributed by atoms with Crippen molar-refractivity contribution in [3.8, 4) is 0 Å². The highest BCUT2D eigenvalue weighted by molar-refractivity contribution is 7.10. The van der Waals surface area contributed by atoms with Crippen LogP contribution in [0.15, 0.2) is 35.7 Å². The summed E-state index contributed by atoms with van der Waals surface area (Å²) in [5, 5.41) is 5.93. The minimum atomic E-state index is -0.0284. The fourth-order valence-corrected chi connectivity index (χ4v) is 2.79. The molecule has 2 nitrogen and oxygen atoms in total. The van der Waals surface area contributed by atoms with Crippen molar-refractivity contribution in [1.82, 2.24) is 5.32 Å². The summed E-state index contributed by atoms with van der Waals surface area (Å²) < 4.78 is 0. The fourth-order valence-electron chi connectivity index (χ4n) is 1.74. The average Bonchev–Trinajstić information content (AvgIpc) is 2.87. The highest BCUT2D eigenvalue weighted by Crippen LogP contribution is 2.23. The van der Waals surface area contributed by atoms with E-state index in [1.54, 1.807) is 23.5 Å². The molecule has 0 aliphatic rings. The van der Waals surface area contributed by atoms with E-state index in [2.05, 4.69) is 5.32 Å². The Morgan fingerprint density at radius 2 is 2.11 bits per heavy atom. The fraction of sp³-hybridized carbons (Fsp3) is 0.214. The number of carbonyl (C=O) groups excluding carboxylic acids is 1. The van der Waals surface area contributed by atoms with Gasteiger partial charge in [0.05, 0.1) is 22.5 Å². The summed E-state index contributed by atoms with van der Waals surface area (Å²) in [6, 6.07) is 9.24. The predicted molar refractivity (Wildman–Crippen MR) is 81.0 cm³/mol. The zero-order chi connectivity index (χ0) is 13.8. The van der Waals surface area contributed by atoms with E-state index in [1.165, 1.54) is 0 Å². The number of carbonyl (C=O) groups is 1. The van der Waals surface area contributed by atoms with Gasteiger partial charge in [0.25, 0.3) is 0 Å². The van der Waals surface area contributed by atoms with Crippen LogP contribution >= 0.6 is 34.5 Å². The number of hydrogen-bond acceptors (Lipinski definition) is 2. The number of benzene rings is 1. The molecule has 1 N–H and O–H groups in total. The lowest BCUT2D eigenvalue weighted by Crippen LogP contribution is -2.27. The predicted octanol–water partition coefficient (Wildman–Crippen LogP) is 4.47. The monoisotopic (exact) mass is 313 g/mol. The molecule has 0 radical (unpaired) electrons. The molecule has 100 valence electrons. The number of hydrogen-bond donors (Lipinski definition) is 1. The minimum Gasteiger partial charge on any atom is -0.348 e. The highest BCUT2D eigenvalue weighted by Gasteiger charge is 2.11. The summed E-state index contributed by atoms with van der Waals surface area (Å²) in [5.41, 5.74) is 0.852. The summed E-state index contributed by atoms with van der Waals surface area (Å²) in [6.45, 7) is 1.97. The molecule has 19 heavy (non-hydrogen) atoms. The zero-order valence-electron chi connectivity index (χ0n) is 10.3. The molecule has 0 saturated heterocycles. The summed E-state index contributed by atoms with van der Waals surface area (Å²) in [5.74, 6) is -0.0284. The molecular formula is C14H13Cl2NOS. The molecule has 0 aliphatic heterocycles. The van der Waals surface area contributed by atoms with Crippen molar-refractivity contribution >= 4 is 40.4 Å². The quantitative estimate of drug-likeness (QED) is 0.886. The smallest absolute Gasteiger partial charge is 0.224 e. The Hall–Kier alpha value is -1.03. The van der Waals surface area contributed by atoms with Gasteiger partial charge in [0.15, 0.2) is 0 Å². The largest absolute Gasteiger partial charge is 0.348 e. The summed E-state index contributed by atoms with van der Waals surface area (Å²) in [6.07, 6.45) is 0.298. The number of thiophene rings is 1. The minimum absolute atomic E-state index is 0.0234. The Balaban J connectivity index is 1.95. The Bertz CT molecular complexity index is 569. The molecule has 1 aromatic carbocycles. The van der Waals surface area contributed by atoms with E-state index in [9.17, 15) is 4.79 Å². The number of nitrogens with one attached hydrogen (secondary N) is 1. The van der Waals surface area contributed by atoms with Crippen molar-refractivity contribution in [2.45, 2.75) is 19.4 Å². The van der Waals surface area contributed by atoms with Crippen molar-refractivity contribution < 1.29 is 4.79 Å². The van der Waals surface area contributed by atoms with Crippen LogP contribution < -0.4 is 5.32 Å². The molecule has 0 saturated carbocycles. The van der Waals surface area contributed by atoms with Crippen LogP contribution in [0.4, 0.5) is 0 Å². The Kier molecular flexibility index (Phi) is 4.86. The van der Waals surface area contributed by atoms with Gasteiger partial charge in [-0.05, 0) is 36.1 Å². The Labute approximate surface area is 126 Å². The van der Waals surface area contributed by atoms with Crippen LogP contribution in [-0.2, 0) is 11.2 Å². The van der Waals surface area contributed by atoms with E-state index in [1.807, 2.05) is 30.5 Å². The number of rotatable bonds is 4. The third-order valence-corrected chi connectivity index (χ3v) is 4.49.